The second-order valence-corrected chi connectivity index (χ2v) is 8.65. The highest BCUT2D eigenvalue weighted by Crippen LogP contribution is 2.36. The Balaban J connectivity index is 2.11. The van der Waals surface area contributed by atoms with Gasteiger partial charge in [-0.15, -0.1) is 0 Å². The fourth-order valence-corrected chi connectivity index (χ4v) is 4.18. The lowest BCUT2D eigenvalue weighted by Crippen LogP contribution is -2.32. The molecule has 1 aromatic rings. The zero-order chi connectivity index (χ0) is 14.8. The zero-order valence-electron chi connectivity index (χ0n) is 12.6. The normalized spacial score (nSPS) is 22.8. The molecule has 20 heavy (non-hydrogen) atoms. The largest absolute Gasteiger partial charge is 0.313 e. The van der Waals surface area contributed by atoms with Crippen molar-refractivity contribution in [3.05, 3.63) is 35.4 Å². The zero-order valence-corrected chi connectivity index (χ0v) is 13.4. The van der Waals surface area contributed by atoms with Gasteiger partial charge in [0.15, 0.2) is 9.84 Å². The molecule has 0 bridgehead atoms. The molecule has 0 radical (unpaired) electrons. The number of hydrogen-bond acceptors (Lipinski definition) is 3. The van der Waals surface area contributed by atoms with Crippen LogP contribution in [0.1, 0.15) is 43.9 Å². The van der Waals surface area contributed by atoms with E-state index in [1.165, 1.54) is 11.1 Å². The predicted octanol–water partition coefficient (Wildman–Crippen LogP) is 2.72. The fraction of sp³-hybridized carbons (Fsp3) is 0.625. The van der Waals surface area contributed by atoms with E-state index in [-0.39, 0.29) is 11.3 Å². The first-order valence-corrected chi connectivity index (χ1v) is 9.14. The molecule has 3 nitrogen and oxygen atoms in total. The van der Waals surface area contributed by atoms with Gasteiger partial charge in [-0.1, -0.05) is 24.3 Å². The monoisotopic (exact) mass is 295 g/mol. The highest BCUT2D eigenvalue weighted by molar-refractivity contribution is 7.91. The Labute approximate surface area is 122 Å². The Morgan fingerprint density at radius 1 is 1.30 bits per heavy atom. The molecule has 1 aromatic carbocycles. The molecule has 1 aliphatic rings. The highest BCUT2D eigenvalue weighted by Gasteiger charge is 2.29. The van der Waals surface area contributed by atoms with Gasteiger partial charge in [-0.2, -0.15) is 0 Å². The summed E-state index contributed by atoms with van der Waals surface area (Å²) in [6.45, 7) is 3.53. The molecule has 0 aromatic heterocycles. The van der Waals surface area contributed by atoms with Crippen LogP contribution in [0, 0.1) is 5.92 Å². The molecule has 0 amide bonds. The third-order valence-corrected chi connectivity index (χ3v) is 6.69. The molecule has 2 atom stereocenters. The van der Waals surface area contributed by atoms with E-state index < -0.39 is 9.84 Å². The third-order valence-electron chi connectivity index (χ3n) is 4.45. The van der Waals surface area contributed by atoms with Crippen LogP contribution < -0.4 is 5.32 Å². The molecule has 112 valence electrons. The number of fused-ring (bicyclic) bond motifs is 1. The van der Waals surface area contributed by atoms with Crippen LogP contribution in [0.25, 0.3) is 0 Å². The lowest BCUT2D eigenvalue weighted by molar-refractivity contribution is 0.328. The van der Waals surface area contributed by atoms with Gasteiger partial charge in [0, 0.05) is 6.04 Å². The minimum Gasteiger partial charge on any atom is -0.313 e. The molecule has 2 rings (SSSR count). The van der Waals surface area contributed by atoms with Gasteiger partial charge in [0.05, 0.1) is 11.0 Å². The Hall–Kier alpha value is -0.870. The van der Waals surface area contributed by atoms with Crippen molar-refractivity contribution in [1.82, 2.24) is 5.32 Å². The first-order chi connectivity index (χ1) is 9.45. The van der Waals surface area contributed by atoms with Crippen LogP contribution in [0.3, 0.4) is 0 Å². The summed E-state index contributed by atoms with van der Waals surface area (Å²) in [4.78, 5) is 0. The standard InChI is InChI=1S/C16H25NO2S/c1-12(2)20(18,19)11-10-14-9-8-13-6-4-5-7-15(13)16(14)17-3/h4-7,12,14,16-17H,8-11H2,1-3H3. The van der Waals surface area contributed by atoms with E-state index in [1.54, 1.807) is 13.8 Å². The Kier molecular flexibility index (Phi) is 4.86. The van der Waals surface area contributed by atoms with E-state index in [0.29, 0.717) is 11.7 Å². The summed E-state index contributed by atoms with van der Waals surface area (Å²) in [7, 11) is -0.965. The molecule has 1 aliphatic carbocycles. The first-order valence-electron chi connectivity index (χ1n) is 7.42. The van der Waals surface area contributed by atoms with Crippen LogP contribution >= 0.6 is 0 Å². The van der Waals surface area contributed by atoms with Crippen molar-refractivity contribution in [3.8, 4) is 0 Å². The van der Waals surface area contributed by atoms with Gasteiger partial charge >= 0.3 is 0 Å². The average molecular weight is 295 g/mol. The van der Waals surface area contributed by atoms with Gasteiger partial charge in [0.2, 0.25) is 0 Å². The van der Waals surface area contributed by atoms with Crippen molar-refractivity contribution in [3.63, 3.8) is 0 Å². The molecule has 0 heterocycles. The van der Waals surface area contributed by atoms with E-state index in [1.807, 2.05) is 7.05 Å². The Morgan fingerprint density at radius 2 is 2.00 bits per heavy atom. The van der Waals surface area contributed by atoms with Crippen molar-refractivity contribution in [2.75, 3.05) is 12.8 Å². The van der Waals surface area contributed by atoms with E-state index >= 15 is 0 Å². The average Bonchev–Trinajstić information content (AvgIpc) is 2.44. The van der Waals surface area contributed by atoms with Crippen molar-refractivity contribution in [1.29, 1.82) is 0 Å². The summed E-state index contributed by atoms with van der Waals surface area (Å²) in [6, 6.07) is 8.77. The van der Waals surface area contributed by atoms with Gasteiger partial charge in [-0.25, -0.2) is 8.42 Å². The molecule has 2 unspecified atom stereocenters. The third kappa shape index (κ3) is 3.23. The summed E-state index contributed by atoms with van der Waals surface area (Å²) in [6.07, 6.45) is 2.87. The summed E-state index contributed by atoms with van der Waals surface area (Å²) >= 11 is 0. The lowest BCUT2D eigenvalue weighted by atomic mass is 9.78. The summed E-state index contributed by atoms with van der Waals surface area (Å²) < 4.78 is 24.0. The highest BCUT2D eigenvalue weighted by atomic mass is 32.2. The second-order valence-electron chi connectivity index (χ2n) is 5.97. The molecule has 0 saturated heterocycles. The molecule has 0 aliphatic heterocycles. The predicted molar refractivity (Wildman–Crippen MR) is 83.6 cm³/mol. The Bertz CT molecular complexity index is 551. The van der Waals surface area contributed by atoms with Crippen molar-refractivity contribution < 1.29 is 8.42 Å². The topological polar surface area (TPSA) is 46.2 Å². The molecule has 0 saturated carbocycles. The van der Waals surface area contributed by atoms with Crippen molar-refractivity contribution in [2.45, 2.75) is 44.4 Å². The van der Waals surface area contributed by atoms with E-state index in [0.717, 1.165) is 19.3 Å². The minimum absolute atomic E-state index is 0.272. The molecular weight excluding hydrogens is 270 g/mol. The second kappa shape index (κ2) is 6.27. The van der Waals surface area contributed by atoms with Crippen molar-refractivity contribution >= 4 is 9.84 Å². The van der Waals surface area contributed by atoms with Crippen LogP contribution in [0.2, 0.25) is 0 Å². The number of benzene rings is 1. The van der Waals surface area contributed by atoms with Crippen molar-refractivity contribution in [2.24, 2.45) is 5.92 Å². The number of nitrogens with one attached hydrogen (secondary N) is 1. The number of hydrogen-bond donors (Lipinski definition) is 1. The first kappa shape index (κ1) is 15.5. The Morgan fingerprint density at radius 3 is 2.65 bits per heavy atom. The lowest BCUT2D eigenvalue weighted by Gasteiger charge is -2.33. The van der Waals surface area contributed by atoms with E-state index in [9.17, 15) is 8.42 Å². The number of rotatable bonds is 5. The summed E-state index contributed by atoms with van der Waals surface area (Å²) in [5.74, 6) is 0.707. The maximum Gasteiger partial charge on any atom is 0.152 e. The van der Waals surface area contributed by atoms with Crippen LogP contribution in [0.4, 0.5) is 0 Å². The maximum absolute atomic E-state index is 12.0. The van der Waals surface area contributed by atoms with Crippen LogP contribution in [-0.2, 0) is 16.3 Å². The smallest absolute Gasteiger partial charge is 0.152 e. The van der Waals surface area contributed by atoms with E-state index in [4.69, 9.17) is 0 Å². The van der Waals surface area contributed by atoms with E-state index in [2.05, 4.69) is 29.6 Å². The number of sulfone groups is 1. The van der Waals surface area contributed by atoms with Gasteiger partial charge in [-0.05, 0) is 57.2 Å². The maximum atomic E-state index is 12.0. The summed E-state index contributed by atoms with van der Waals surface area (Å²) in [5, 5.41) is 3.11. The quantitative estimate of drug-likeness (QED) is 0.908. The minimum atomic E-state index is -2.93. The van der Waals surface area contributed by atoms with Gasteiger partial charge in [0.1, 0.15) is 0 Å². The molecule has 0 spiro atoms. The fourth-order valence-electron chi connectivity index (χ4n) is 3.08. The molecular formula is C16H25NO2S. The van der Waals surface area contributed by atoms with Crippen LogP contribution in [0.15, 0.2) is 24.3 Å². The van der Waals surface area contributed by atoms with Crippen LogP contribution in [-0.4, -0.2) is 26.5 Å². The van der Waals surface area contributed by atoms with Crippen LogP contribution in [0.5, 0.6) is 0 Å². The van der Waals surface area contributed by atoms with Gasteiger partial charge in [0.25, 0.3) is 0 Å². The molecule has 1 N–H and O–H groups in total. The van der Waals surface area contributed by atoms with Gasteiger partial charge < -0.3 is 5.32 Å². The number of aryl methyl sites for hydroxylation is 1. The molecule has 4 heteroatoms. The SMILES string of the molecule is CNC1c2ccccc2CCC1CCS(=O)(=O)C(C)C. The molecule has 0 fully saturated rings. The summed E-state index contributed by atoms with van der Waals surface area (Å²) in [5.41, 5.74) is 2.74. The van der Waals surface area contributed by atoms with Gasteiger partial charge in [-0.3, -0.25) is 0 Å².